The van der Waals surface area contributed by atoms with Crippen LogP contribution in [0.1, 0.15) is 33.6 Å². The molecule has 1 aliphatic rings. The van der Waals surface area contributed by atoms with Crippen LogP contribution in [0.4, 0.5) is 11.4 Å². The number of benzene rings is 1. The van der Waals surface area contributed by atoms with Crippen LogP contribution in [0.3, 0.4) is 0 Å². The fourth-order valence-electron chi connectivity index (χ4n) is 3.12. The second kappa shape index (κ2) is 7.17. The van der Waals surface area contributed by atoms with E-state index < -0.39 is 0 Å². The van der Waals surface area contributed by atoms with Gasteiger partial charge in [-0.2, -0.15) is 0 Å². The van der Waals surface area contributed by atoms with E-state index in [0.29, 0.717) is 12.1 Å². The summed E-state index contributed by atoms with van der Waals surface area (Å²) in [5, 5.41) is 3.76. The Morgan fingerprint density at radius 3 is 2.71 bits per heavy atom. The van der Waals surface area contributed by atoms with E-state index in [9.17, 15) is 0 Å². The summed E-state index contributed by atoms with van der Waals surface area (Å²) in [6, 6.07) is 10.1. The summed E-state index contributed by atoms with van der Waals surface area (Å²) in [4.78, 5) is 4.79. The smallest absolute Gasteiger partial charge is 0.0412 e. The van der Waals surface area contributed by atoms with Gasteiger partial charge in [0, 0.05) is 50.6 Å². The molecule has 0 radical (unpaired) electrons. The summed E-state index contributed by atoms with van der Waals surface area (Å²) in [7, 11) is 4.21. The maximum Gasteiger partial charge on any atom is 0.0412 e. The molecule has 1 fully saturated rings. The molecule has 2 rings (SSSR count). The lowest BCUT2D eigenvalue weighted by Gasteiger charge is -2.43. The molecule has 0 aromatic heterocycles. The van der Waals surface area contributed by atoms with E-state index in [1.54, 1.807) is 0 Å². The molecule has 0 amide bonds. The van der Waals surface area contributed by atoms with E-state index in [2.05, 4.69) is 74.2 Å². The quantitative estimate of drug-likeness (QED) is 0.897. The molecule has 0 aliphatic carbocycles. The molecular formula is C18H31N3. The molecule has 3 atom stereocenters. The van der Waals surface area contributed by atoms with Crippen molar-refractivity contribution >= 4 is 11.4 Å². The third kappa shape index (κ3) is 3.70. The van der Waals surface area contributed by atoms with Crippen molar-refractivity contribution < 1.29 is 0 Å². The minimum absolute atomic E-state index is 0.598. The van der Waals surface area contributed by atoms with Crippen LogP contribution >= 0.6 is 0 Å². The van der Waals surface area contributed by atoms with Crippen molar-refractivity contribution in [1.29, 1.82) is 0 Å². The van der Waals surface area contributed by atoms with Gasteiger partial charge >= 0.3 is 0 Å². The lowest BCUT2D eigenvalue weighted by molar-refractivity contribution is 0.306. The molecular weight excluding hydrogens is 258 g/mol. The summed E-state index contributed by atoms with van der Waals surface area (Å²) in [6.45, 7) is 9.15. The van der Waals surface area contributed by atoms with E-state index in [4.69, 9.17) is 0 Å². The number of piperazine rings is 1. The van der Waals surface area contributed by atoms with Crippen LogP contribution in [-0.2, 0) is 0 Å². The number of hydrogen-bond donors (Lipinski definition) is 1. The first-order valence-electron chi connectivity index (χ1n) is 8.34. The van der Waals surface area contributed by atoms with Gasteiger partial charge in [0.25, 0.3) is 0 Å². The van der Waals surface area contributed by atoms with E-state index in [1.165, 1.54) is 24.2 Å². The Kier molecular flexibility index (Phi) is 5.51. The first kappa shape index (κ1) is 16.2. The number of anilines is 2. The van der Waals surface area contributed by atoms with Gasteiger partial charge < -0.3 is 15.1 Å². The molecule has 1 saturated heterocycles. The Labute approximate surface area is 130 Å². The minimum Gasteiger partial charge on any atom is -0.378 e. The third-order valence-corrected chi connectivity index (χ3v) is 4.93. The van der Waals surface area contributed by atoms with Gasteiger partial charge in [-0.1, -0.05) is 33.3 Å². The first-order chi connectivity index (χ1) is 10.1. The number of nitrogens with zero attached hydrogens (tertiary/aromatic N) is 2. The molecule has 3 nitrogen and oxygen atoms in total. The SMILES string of the molecule is CCC(C)C1CN(c2cccc(N(C)C)c2)C(CC)CN1. The zero-order chi connectivity index (χ0) is 15.4. The average molecular weight is 289 g/mol. The van der Waals surface area contributed by atoms with Crippen LogP contribution in [0.15, 0.2) is 24.3 Å². The van der Waals surface area contributed by atoms with Gasteiger partial charge in [-0.05, 0) is 30.5 Å². The van der Waals surface area contributed by atoms with Crippen molar-refractivity contribution in [1.82, 2.24) is 5.32 Å². The van der Waals surface area contributed by atoms with Crippen LogP contribution in [0.2, 0.25) is 0 Å². The molecule has 3 unspecified atom stereocenters. The van der Waals surface area contributed by atoms with Gasteiger partial charge in [0.1, 0.15) is 0 Å². The van der Waals surface area contributed by atoms with E-state index in [0.717, 1.165) is 19.0 Å². The van der Waals surface area contributed by atoms with Crippen molar-refractivity contribution in [3.05, 3.63) is 24.3 Å². The van der Waals surface area contributed by atoms with Gasteiger partial charge in [-0.15, -0.1) is 0 Å². The predicted octanol–water partition coefficient (Wildman–Crippen LogP) is 3.36. The minimum atomic E-state index is 0.598. The summed E-state index contributed by atoms with van der Waals surface area (Å²) in [5.74, 6) is 0.724. The lowest BCUT2D eigenvalue weighted by Crippen LogP contribution is -2.58. The Bertz CT molecular complexity index is 444. The normalized spacial score (nSPS) is 24.0. The second-order valence-electron chi connectivity index (χ2n) is 6.53. The lowest BCUT2D eigenvalue weighted by atomic mass is 9.94. The maximum atomic E-state index is 3.76. The molecule has 118 valence electrons. The zero-order valence-corrected chi connectivity index (χ0v) is 14.3. The molecule has 1 aromatic carbocycles. The van der Waals surface area contributed by atoms with Crippen LogP contribution in [0, 0.1) is 5.92 Å². The van der Waals surface area contributed by atoms with Gasteiger partial charge in [0.2, 0.25) is 0 Å². The highest BCUT2D eigenvalue weighted by molar-refractivity contribution is 5.59. The topological polar surface area (TPSA) is 18.5 Å². The predicted molar refractivity (Wildman–Crippen MR) is 93.4 cm³/mol. The van der Waals surface area contributed by atoms with Crippen molar-refractivity contribution in [3.8, 4) is 0 Å². The molecule has 3 heteroatoms. The summed E-state index contributed by atoms with van der Waals surface area (Å²) in [5.41, 5.74) is 2.64. The fraction of sp³-hybridized carbons (Fsp3) is 0.667. The maximum absolute atomic E-state index is 3.76. The fourth-order valence-corrected chi connectivity index (χ4v) is 3.12. The Balaban J connectivity index is 2.22. The zero-order valence-electron chi connectivity index (χ0n) is 14.3. The van der Waals surface area contributed by atoms with E-state index in [-0.39, 0.29) is 0 Å². The van der Waals surface area contributed by atoms with E-state index in [1.807, 2.05) is 0 Å². The van der Waals surface area contributed by atoms with Gasteiger partial charge in [0.05, 0.1) is 0 Å². The number of rotatable bonds is 5. The van der Waals surface area contributed by atoms with Gasteiger partial charge in [0.15, 0.2) is 0 Å². The molecule has 21 heavy (non-hydrogen) atoms. The van der Waals surface area contributed by atoms with Gasteiger partial charge in [-0.3, -0.25) is 0 Å². The summed E-state index contributed by atoms with van der Waals surface area (Å²) < 4.78 is 0. The summed E-state index contributed by atoms with van der Waals surface area (Å²) >= 11 is 0. The molecule has 1 N–H and O–H groups in total. The molecule has 1 aliphatic heterocycles. The van der Waals surface area contributed by atoms with Crippen molar-refractivity contribution in [2.75, 3.05) is 37.0 Å². The second-order valence-corrected chi connectivity index (χ2v) is 6.53. The largest absolute Gasteiger partial charge is 0.378 e. The van der Waals surface area contributed by atoms with Crippen LogP contribution in [-0.4, -0.2) is 39.3 Å². The first-order valence-corrected chi connectivity index (χ1v) is 8.34. The van der Waals surface area contributed by atoms with Crippen LogP contribution in [0.25, 0.3) is 0 Å². The Morgan fingerprint density at radius 1 is 1.33 bits per heavy atom. The van der Waals surface area contributed by atoms with Crippen molar-refractivity contribution in [2.45, 2.75) is 45.7 Å². The van der Waals surface area contributed by atoms with Crippen molar-refractivity contribution in [2.24, 2.45) is 5.92 Å². The standard InChI is InChI=1S/C18H31N3/c1-6-14(3)18-13-21(15(7-2)12-19-18)17-10-8-9-16(11-17)20(4)5/h8-11,14-15,18-19H,6-7,12-13H2,1-5H3. The molecule has 1 heterocycles. The van der Waals surface area contributed by atoms with Crippen molar-refractivity contribution in [3.63, 3.8) is 0 Å². The van der Waals surface area contributed by atoms with Crippen LogP contribution < -0.4 is 15.1 Å². The van der Waals surface area contributed by atoms with Gasteiger partial charge in [-0.25, -0.2) is 0 Å². The third-order valence-electron chi connectivity index (χ3n) is 4.93. The summed E-state index contributed by atoms with van der Waals surface area (Å²) in [6.07, 6.45) is 2.42. The Hall–Kier alpha value is -1.22. The highest BCUT2D eigenvalue weighted by Gasteiger charge is 2.29. The highest BCUT2D eigenvalue weighted by Crippen LogP contribution is 2.27. The van der Waals surface area contributed by atoms with E-state index >= 15 is 0 Å². The van der Waals surface area contributed by atoms with Crippen LogP contribution in [0.5, 0.6) is 0 Å². The number of nitrogens with one attached hydrogen (secondary N) is 1. The number of hydrogen-bond acceptors (Lipinski definition) is 3. The Morgan fingerprint density at radius 2 is 2.10 bits per heavy atom. The monoisotopic (exact) mass is 289 g/mol. The molecule has 1 aromatic rings. The highest BCUT2D eigenvalue weighted by atomic mass is 15.2. The molecule has 0 spiro atoms. The average Bonchev–Trinajstić information content (AvgIpc) is 2.53. The molecule has 0 bridgehead atoms. The molecule has 0 saturated carbocycles.